The topological polar surface area (TPSA) is 54.9 Å². The molecule has 1 fully saturated rings. The van der Waals surface area contributed by atoms with Crippen molar-refractivity contribution in [3.63, 3.8) is 0 Å². The zero-order chi connectivity index (χ0) is 23.9. The van der Waals surface area contributed by atoms with E-state index < -0.39 is 0 Å². The minimum Gasteiger partial charge on any atom is -0.497 e. The number of rotatable bonds is 10. The van der Waals surface area contributed by atoms with Gasteiger partial charge in [0.25, 0.3) is 0 Å². The zero-order valence-corrected chi connectivity index (χ0v) is 23.2. The number of hydrogen-bond acceptors (Lipinski definition) is 7. The van der Waals surface area contributed by atoms with E-state index in [4.69, 9.17) is 26.1 Å². The average molecular weight is 557 g/mol. The normalized spacial score (nSPS) is 14.0. The van der Waals surface area contributed by atoms with Gasteiger partial charge >= 0.3 is 0 Å². The van der Waals surface area contributed by atoms with Crippen LogP contribution in [0, 0.1) is 6.92 Å². The van der Waals surface area contributed by atoms with E-state index in [-0.39, 0.29) is 18.3 Å². The molecule has 0 N–H and O–H groups in total. The summed E-state index contributed by atoms with van der Waals surface area (Å²) in [6.07, 6.45) is 1.33. The Morgan fingerprint density at radius 1 is 1.23 bits per heavy atom. The van der Waals surface area contributed by atoms with Gasteiger partial charge in [-0.1, -0.05) is 29.0 Å². The molecule has 190 valence electrons. The van der Waals surface area contributed by atoms with E-state index in [9.17, 15) is 4.79 Å². The number of nitrogens with zero attached hydrogens (tertiary/aromatic N) is 3. The Morgan fingerprint density at radius 2 is 1.97 bits per heavy atom. The van der Waals surface area contributed by atoms with Gasteiger partial charge in [0, 0.05) is 43.2 Å². The van der Waals surface area contributed by atoms with Crippen LogP contribution in [0.2, 0.25) is 5.02 Å². The van der Waals surface area contributed by atoms with E-state index in [0.717, 1.165) is 70.8 Å². The summed E-state index contributed by atoms with van der Waals surface area (Å²) in [5.41, 5.74) is 1.95. The molecule has 1 saturated heterocycles. The molecule has 1 aromatic heterocycles. The van der Waals surface area contributed by atoms with Gasteiger partial charge in [-0.15, -0.1) is 24.2 Å². The first-order chi connectivity index (χ1) is 16.5. The third kappa shape index (κ3) is 7.47. The molecule has 1 aliphatic heterocycles. The number of carbonyl (C=O) groups excluding carboxylic acids is 1. The van der Waals surface area contributed by atoms with Gasteiger partial charge in [0.15, 0.2) is 5.13 Å². The lowest BCUT2D eigenvalue weighted by molar-refractivity contribution is -0.118. The molecule has 35 heavy (non-hydrogen) atoms. The first-order valence-electron chi connectivity index (χ1n) is 11.5. The summed E-state index contributed by atoms with van der Waals surface area (Å²) < 4.78 is 11.6. The highest BCUT2D eigenvalue weighted by Crippen LogP contribution is 2.36. The van der Waals surface area contributed by atoms with Crippen molar-refractivity contribution in [2.24, 2.45) is 0 Å². The van der Waals surface area contributed by atoms with Crippen LogP contribution in [0.3, 0.4) is 0 Å². The maximum atomic E-state index is 13.4. The molecule has 0 unspecified atom stereocenters. The van der Waals surface area contributed by atoms with Gasteiger partial charge in [0.05, 0.1) is 35.6 Å². The van der Waals surface area contributed by atoms with E-state index in [1.165, 1.54) is 11.3 Å². The summed E-state index contributed by atoms with van der Waals surface area (Å²) in [4.78, 5) is 23.6. The van der Waals surface area contributed by atoms with Gasteiger partial charge in [0.1, 0.15) is 5.75 Å². The molecular weight excluding hydrogens is 525 g/mol. The summed E-state index contributed by atoms with van der Waals surface area (Å²) in [5.74, 6) is 1.63. The van der Waals surface area contributed by atoms with Crippen LogP contribution in [0.4, 0.5) is 5.13 Å². The van der Waals surface area contributed by atoms with E-state index in [2.05, 4.69) is 4.90 Å². The van der Waals surface area contributed by atoms with Crippen LogP contribution in [0.25, 0.3) is 10.2 Å². The Morgan fingerprint density at radius 3 is 2.66 bits per heavy atom. The maximum absolute atomic E-state index is 13.4. The summed E-state index contributed by atoms with van der Waals surface area (Å²) in [7, 11) is 1.66. The van der Waals surface area contributed by atoms with Crippen molar-refractivity contribution >= 4 is 68.4 Å². The molecule has 2 aromatic carbocycles. The van der Waals surface area contributed by atoms with Gasteiger partial charge in [-0.25, -0.2) is 4.98 Å². The van der Waals surface area contributed by atoms with E-state index in [1.807, 2.05) is 48.2 Å². The zero-order valence-electron chi connectivity index (χ0n) is 20.0. The number of hydrogen-bond donors (Lipinski definition) is 0. The van der Waals surface area contributed by atoms with Crippen molar-refractivity contribution in [1.29, 1.82) is 0 Å². The number of halogens is 2. The number of methoxy groups -OCH3 is 1. The number of carbonyl (C=O) groups is 1. The largest absolute Gasteiger partial charge is 0.497 e. The number of benzene rings is 2. The molecule has 0 atom stereocenters. The molecule has 2 heterocycles. The van der Waals surface area contributed by atoms with Crippen molar-refractivity contribution < 1.29 is 14.3 Å². The quantitative estimate of drug-likeness (QED) is 0.289. The number of thioether (sulfide) groups is 1. The second-order valence-electron chi connectivity index (χ2n) is 8.17. The highest BCUT2D eigenvalue weighted by atomic mass is 35.5. The fourth-order valence-electron chi connectivity index (χ4n) is 3.87. The molecule has 4 rings (SSSR count). The van der Waals surface area contributed by atoms with E-state index in [0.29, 0.717) is 23.7 Å². The maximum Gasteiger partial charge on any atom is 0.229 e. The minimum absolute atomic E-state index is 0. The third-order valence-corrected chi connectivity index (χ3v) is 8.37. The fraction of sp³-hybridized carbons (Fsp3) is 0.440. The standard InChI is InChI=1S/C25H30ClN3O3S2.ClH/c1-18-4-9-21(26)24-23(18)27-25(34-24)29(12-3-11-28-13-15-32-16-14-28)22(30)10-17-33-20-7-5-19(31-2)6-8-20;/h4-9H,3,10-17H2,1-2H3;1H. The molecule has 1 aliphatic rings. The van der Waals surface area contributed by atoms with E-state index >= 15 is 0 Å². The van der Waals surface area contributed by atoms with Crippen molar-refractivity contribution in [2.45, 2.75) is 24.7 Å². The smallest absolute Gasteiger partial charge is 0.229 e. The van der Waals surface area contributed by atoms with Crippen molar-refractivity contribution in [3.05, 3.63) is 47.0 Å². The molecule has 0 aliphatic carbocycles. The molecule has 0 bridgehead atoms. The molecule has 1 amide bonds. The molecule has 0 spiro atoms. The van der Waals surface area contributed by atoms with Gasteiger partial charge in [-0.3, -0.25) is 14.6 Å². The fourth-order valence-corrected chi connectivity index (χ4v) is 6.07. The first kappa shape index (κ1) is 28.0. The highest BCUT2D eigenvalue weighted by molar-refractivity contribution is 7.99. The molecule has 3 aromatic rings. The van der Waals surface area contributed by atoms with Crippen LogP contribution in [0.5, 0.6) is 5.75 Å². The predicted molar refractivity (Wildman–Crippen MR) is 149 cm³/mol. The monoisotopic (exact) mass is 555 g/mol. The van der Waals surface area contributed by atoms with Crippen molar-refractivity contribution in [2.75, 3.05) is 57.2 Å². The minimum atomic E-state index is 0. The lowest BCUT2D eigenvalue weighted by atomic mass is 10.2. The van der Waals surface area contributed by atoms with Gasteiger partial charge in [-0.05, 0) is 49.2 Å². The van der Waals surface area contributed by atoms with Gasteiger partial charge in [0.2, 0.25) is 5.91 Å². The van der Waals surface area contributed by atoms with Crippen LogP contribution in [-0.2, 0) is 9.53 Å². The number of aryl methyl sites for hydroxylation is 1. The Bertz CT molecular complexity index is 1070. The SMILES string of the molecule is COc1ccc(SCCC(=O)N(CCCN2CCOCC2)c2nc3c(C)ccc(Cl)c3s2)cc1.Cl. The second-order valence-corrected chi connectivity index (χ2v) is 10.7. The van der Waals surface area contributed by atoms with Crippen LogP contribution in [0.15, 0.2) is 41.3 Å². The van der Waals surface area contributed by atoms with Crippen LogP contribution in [0.1, 0.15) is 18.4 Å². The first-order valence-corrected chi connectivity index (χ1v) is 13.7. The second kappa shape index (κ2) is 13.7. The number of amides is 1. The van der Waals surface area contributed by atoms with Crippen LogP contribution in [-0.4, -0.2) is 68.0 Å². The number of ether oxygens (including phenoxy) is 2. The summed E-state index contributed by atoms with van der Waals surface area (Å²) in [6, 6.07) is 11.8. The van der Waals surface area contributed by atoms with Crippen LogP contribution >= 0.6 is 47.1 Å². The van der Waals surface area contributed by atoms with Crippen LogP contribution < -0.4 is 9.64 Å². The van der Waals surface area contributed by atoms with Crippen molar-refractivity contribution in [1.82, 2.24) is 9.88 Å². The number of fused-ring (bicyclic) bond motifs is 1. The molecule has 10 heteroatoms. The van der Waals surface area contributed by atoms with Gasteiger partial charge in [-0.2, -0.15) is 0 Å². The molecule has 6 nitrogen and oxygen atoms in total. The number of anilines is 1. The summed E-state index contributed by atoms with van der Waals surface area (Å²) >= 11 is 9.62. The summed E-state index contributed by atoms with van der Waals surface area (Å²) in [5, 5.41) is 1.41. The Labute approximate surface area is 226 Å². The Balaban J connectivity index is 0.00000342. The number of aromatic nitrogens is 1. The van der Waals surface area contributed by atoms with E-state index in [1.54, 1.807) is 18.9 Å². The average Bonchev–Trinajstić information content (AvgIpc) is 3.32. The number of thiazole rings is 1. The van der Waals surface area contributed by atoms with Gasteiger partial charge < -0.3 is 9.47 Å². The lowest BCUT2D eigenvalue weighted by Gasteiger charge is -2.27. The van der Waals surface area contributed by atoms with Crippen molar-refractivity contribution in [3.8, 4) is 5.75 Å². The molecule has 0 saturated carbocycles. The number of morpholine rings is 1. The Hall–Kier alpha value is -1.55. The predicted octanol–water partition coefficient (Wildman–Crippen LogP) is 5.93. The molecule has 0 radical (unpaired) electrons. The Kier molecular flexibility index (Phi) is 10.9. The lowest BCUT2D eigenvalue weighted by Crippen LogP contribution is -2.39. The summed E-state index contributed by atoms with van der Waals surface area (Å²) in [6.45, 7) is 7.06. The third-order valence-electron chi connectivity index (χ3n) is 5.82. The molecular formula is C25H31Cl2N3O3S2. The highest BCUT2D eigenvalue weighted by Gasteiger charge is 2.21.